The van der Waals surface area contributed by atoms with Crippen molar-refractivity contribution in [1.82, 2.24) is 10.2 Å². The number of aliphatic hydroxyl groups is 1. The first-order valence-electron chi connectivity index (χ1n) is 8.87. The minimum absolute atomic E-state index is 0.0539. The Morgan fingerprint density at radius 3 is 2.36 bits per heavy atom. The van der Waals surface area contributed by atoms with Gasteiger partial charge >= 0.3 is 0 Å². The number of carbonyl (C=O) groups excluding carboxylic acids is 2. The number of likely N-dealkylation sites (tertiary alicyclic amines) is 1. The van der Waals surface area contributed by atoms with Crippen molar-refractivity contribution in [1.29, 1.82) is 0 Å². The average molecular weight is 308 g/mol. The van der Waals surface area contributed by atoms with Crippen LogP contribution in [-0.2, 0) is 9.59 Å². The third-order valence-corrected chi connectivity index (χ3v) is 5.52. The molecule has 0 aromatic rings. The molecule has 0 aromatic heterocycles. The molecular formula is C17H28N2O3. The number of hydrogen-bond acceptors (Lipinski definition) is 3. The first kappa shape index (κ1) is 15.8. The molecule has 5 heteroatoms. The molecule has 2 aliphatic carbocycles. The number of carbonyl (C=O) groups is 2. The lowest BCUT2D eigenvalue weighted by Crippen LogP contribution is -2.55. The molecule has 0 radical (unpaired) electrons. The van der Waals surface area contributed by atoms with Crippen molar-refractivity contribution in [2.75, 3.05) is 6.54 Å². The van der Waals surface area contributed by atoms with E-state index in [1.54, 1.807) is 6.92 Å². The topological polar surface area (TPSA) is 69.6 Å². The van der Waals surface area contributed by atoms with Gasteiger partial charge < -0.3 is 15.3 Å². The molecule has 0 spiro atoms. The number of aliphatic hydroxyl groups excluding tert-OH is 1. The summed E-state index contributed by atoms with van der Waals surface area (Å²) in [5.74, 6) is 0.507. The second-order valence-corrected chi connectivity index (χ2v) is 7.29. The van der Waals surface area contributed by atoms with Gasteiger partial charge in [-0.15, -0.1) is 0 Å². The van der Waals surface area contributed by atoms with Crippen molar-refractivity contribution in [2.24, 2.45) is 11.8 Å². The second-order valence-electron chi connectivity index (χ2n) is 7.29. The van der Waals surface area contributed by atoms with E-state index in [0.29, 0.717) is 12.0 Å². The number of nitrogens with zero attached hydrogens (tertiary/aromatic N) is 1. The van der Waals surface area contributed by atoms with Gasteiger partial charge in [0.15, 0.2) is 0 Å². The summed E-state index contributed by atoms with van der Waals surface area (Å²) in [5.41, 5.74) is 0. The molecule has 22 heavy (non-hydrogen) atoms. The maximum Gasteiger partial charge on any atom is 0.248 e. The largest absolute Gasteiger partial charge is 0.391 e. The van der Waals surface area contributed by atoms with E-state index in [1.807, 2.05) is 4.90 Å². The Morgan fingerprint density at radius 2 is 1.77 bits per heavy atom. The highest BCUT2D eigenvalue weighted by molar-refractivity contribution is 5.90. The van der Waals surface area contributed by atoms with Gasteiger partial charge in [-0.3, -0.25) is 9.59 Å². The van der Waals surface area contributed by atoms with Crippen LogP contribution in [0, 0.1) is 11.8 Å². The molecular weight excluding hydrogens is 280 g/mol. The molecule has 0 bridgehead atoms. The standard InChI is InChI=1S/C17H28N2O3/c1-11(20)15(18-16(21)13-8-9-13)17(22)19-10-4-7-14(19)12-5-2-3-6-12/h11-15,20H,2-10H2,1H3,(H,18,21). The second kappa shape index (κ2) is 6.57. The van der Waals surface area contributed by atoms with Crippen LogP contribution in [0.5, 0.6) is 0 Å². The first-order valence-corrected chi connectivity index (χ1v) is 8.87. The van der Waals surface area contributed by atoms with E-state index < -0.39 is 12.1 Å². The Labute approximate surface area is 132 Å². The summed E-state index contributed by atoms with van der Waals surface area (Å²) in [6.07, 6.45) is 8.02. The third-order valence-electron chi connectivity index (χ3n) is 5.52. The minimum atomic E-state index is -0.847. The maximum atomic E-state index is 12.9. The summed E-state index contributed by atoms with van der Waals surface area (Å²) >= 11 is 0. The quantitative estimate of drug-likeness (QED) is 0.807. The van der Waals surface area contributed by atoms with Crippen molar-refractivity contribution < 1.29 is 14.7 Å². The van der Waals surface area contributed by atoms with E-state index in [4.69, 9.17) is 0 Å². The molecule has 1 heterocycles. The average Bonchev–Trinajstić information content (AvgIpc) is 3.01. The zero-order valence-corrected chi connectivity index (χ0v) is 13.5. The van der Waals surface area contributed by atoms with E-state index in [1.165, 1.54) is 25.7 Å². The van der Waals surface area contributed by atoms with Gasteiger partial charge in [0, 0.05) is 18.5 Å². The Balaban J connectivity index is 1.66. The lowest BCUT2D eigenvalue weighted by Gasteiger charge is -2.33. The summed E-state index contributed by atoms with van der Waals surface area (Å²) in [6, 6.07) is -0.468. The predicted molar refractivity (Wildman–Crippen MR) is 83.0 cm³/mol. The van der Waals surface area contributed by atoms with Gasteiger partial charge in [0.05, 0.1) is 6.10 Å². The van der Waals surface area contributed by atoms with Gasteiger partial charge in [0.25, 0.3) is 0 Å². The van der Waals surface area contributed by atoms with E-state index in [2.05, 4.69) is 5.32 Å². The van der Waals surface area contributed by atoms with Crippen molar-refractivity contribution >= 4 is 11.8 Å². The molecule has 0 aromatic carbocycles. The van der Waals surface area contributed by atoms with Gasteiger partial charge in [0.1, 0.15) is 6.04 Å². The molecule has 2 amide bonds. The van der Waals surface area contributed by atoms with Gasteiger partial charge in [-0.25, -0.2) is 0 Å². The number of rotatable bonds is 5. The monoisotopic (exact) mass is 308 g/mol. The lowest BCUT2D eigenvalue weighted by atomic mass is 9.95. The fraction of sp³-hybridized carbons (Fsp3) is 0.882. The van der Waals surface area contributed by atoms with Crippen LogP contribution in [0.25, 0.3) is 0 Å². The van der Waals surface area contributed by atoms with Crippen LogP contribution in [0.4, 0.5) is 0 Å². The molecule has 2 N–H and O–H groups in total. The summed E-state index contributed by atoms with van der Waals surface area (Å²) < 4.78 is 0. The van der Waals surface area contributed by atoms with Crippen LogP contribution in [0.3, 0.4) is 0 Å². The maximum absolute atomic E-state index is 12.9. The summed E-state index contributed by atoms with van der Waals surface area (Å²) in [6.45, 7) is 2.36. The van der Waals surface area contributed by atoms with Crippen molar-refractivity contribution in [3.05, 3.63) is 0 Å². The zero-order chi connectivity index (χ0) is 15.7. The number of hydrogen-bond donors (Lipinski definition) is 2. The Morgan fingerprint density at radius 1 is 1.09 bits per heavy atom. The molecule has 2 saturated carbocycles. The highest BCUT2D eigenvalue weighted by atomic mass is 16.3. The molecule has 1 aliphatic heterocycles. The molecule has 5 nitrogen and oxygen atoms in total. The lowest BCUT2D eigenvalue weighted by molar-refractivity contribution is -0.141. The minimum Gasteiger partial charge on any atom is -0.391 e. The van der Waals surface area contributed by atoms with Gasteiger partial charge in [-0.1, -0.05) is 12.8 Å². The fourth-order valence-corrected chi connectivity index (χ4v) is 4.08. The van der Waals surface area contributed by atoms with Gasteiger partial charge in [-0.05, 0) is 51.4 Å². The Hall–Kier alpha value is -1.10. The van der Waals surface area contributed by atoms with Crippen molar-refractivity contribution in [3.8, 4) is 0 Å². The van der Waals surface area contributed by atoms with Crippen LogP contribution < -0.4 is 5.32 Å². The fourth-order valence-electron chi connectivity index (χ4n) is 4.08. The van der Waals surface area contributed by atoms with Crippen LogP contribution in [0.1, 0.15) is 58.3 Å². The number of nitrogens with one attached hydrogen (secondary N) is 1. The normalized spacial score (nSPS) is 28.6. The van der Waals surface area contributed by atoms with Gasteiger partial charge in [0.2, 0.25) is 11.8 Å². The van der Waals surface area contributed by atoms with Crippen molar-refractivity contribution in [2.45, 2.75) is 76.5 Å². The summed E-state index contributed by atoms with van der Waals surface area (Å²) in [4.78, 5) is 26.8. The van der Waals surface area contributed by atoms with E-state index in [-0.39, 0.29) is 17.7 Å². The highest BCUT2D eigenvalue weighted by Crippen LogP contribution is 2.36. The summed E-state index contributed by atoms with van der Waals surface area (Å²) in [5, 5.41) is 12.8. The zero-order valence-electron chi connectivity index (χ0n) is 13.5. The smallest absolute Gasteiger partial charge is 0.248 e. The van der Waals surface area contributed by atoms with Crippen LogP contribution in [-0.4, -0.2) is 46.6 Å². The van der Waals surface area contributed by atoms with E-state index in [0.717, 1.165) is 32.2 Å². The van der Waals surface area contributed by atoms with Crippen LogP contribution >= 0.6 is 0 Å². The molecule has 3 fully saturated rings. The van der Waals surface area contributed by atoms with Gasteiger partial charge in [-0.2, -0.15) is 0 Å². The molecule has 3 aliphatic rings. The SMILES string of the molecule is CC(O)C(NC(=O)C1CC1)C(=O)N1CCCC1C1CCCC1. The van der Waals surface area contributed by atoms with E-state index >= 15 is 0 Å². The Kier molecular flexibility index (Phi) is 4.71. The molecule has 124 valence electrons. The molecule has 3 rings (SSSR count). The van der Waals surface area contributed by atoms with Crippen LogP contribution in [0.15, 0.2) is 0 Å². The molecule has 3 unspecified atom stereocenters. The first-order chi connectivity index (χ1) is 10.6. The molecule has 1 saturated heterocycles. The third kappa shape index (κ3) is 3.29. The van der Waals surface area contributed by atoms with E-state index in [9.17, 15) is 14.7 Å². The van der Waals surface area contributed by atoms with Crippen LogP contribution in [0.2, 0.25) is 0 Å². The Bertz CT molecular complexity index is 428. The molecule has 3 atom stereocenters. The van der Waals surface area contributed by atoms with Crippen molar-refractivity contribution in [3.63, 3.8) is 0 Å². The highest BCUT2D eigenvalue weighted by Gasteiger charge is 2.41. The predicted octanol–water partition coefficient (Wildman–Crippen LogP) is 1.44. The number of amides is 2. The summed E-state index contributed by atoms with van der Waals surface area (Å²) in [7, 11) is 0.